The highest BCUT2D eigenvalue weighted by Crippen LogP contribution is 2.36. The fourth-order valence-corrected chi connectivity index (χ4v) is 5.58. The predicted octanol–water partition coefficient (Wildman–Crippen LogP) is 6.99. The molecule has 0 bridgehead atoms. The Hall–Kier alpha value is -1.73. The van der Waals surface area contributed by atoms with Crippen molar-refractivity contribution < 1.29 is 14.3 Å². The summed E-state index contributed by atoms with van der Waals surface area (Å²) < 4.78 is 12.2. The third kappa shape index (κ3) is 5.98. The Morgan fingerprint density at radius 1 is 1.06 bits per heavy atom. The highest BCUT2D eigenvalue weighted by molar-refractivity contribution is 8.26. The number of thioether (sulfide) groups is 1. The monoisotopic (exact) mass is 507 g/mol. The van der Waals surface area contributed by atoms with E-state index in [-0.39, 0.29) is 5.91 Å². The standard InChI is InChI=1S/C24H23Cl2NO3S2/c25-18-12-17(13-21-23(28)27-24(31)32-21)22(20(26)14-18)30-11-10-29-19-8-6-16(7-9-19)15-4-2-1-3-5-15/h6-9,12-15H,1-5,10-11H2,(H,27,28,31)/b21-13+. The van der Waals surface area contributed by atoms with Crippen LogP contribution in [0.4, 0.5) is 0 Å². The number of carbonyl (C=O) groups is 1. The van der Waals surface area contributed by atoms with Gasteiger partial charge in [-0.25, -0.2) is 0 Å². The lowest BCUT2D eigenvalue weighted by Gasteiger charge is -2.22. The Kier molecular flexibility index (Phi) is 8.00. The van der Waals surface area contributed by atoms with E-state index in [0.29, 0.717) is 49.7 Å². The van der Waals surface area contributed by atoms with Gasteiger partial charge in [-0.3, -0.25) is 4.79 Å². The number of nitrogens with one attached hydrogen (secondary N) is 1. The molecule has 2 aromatic carbocycles. The minimum absolute atomic E-state index is 0.248. The van der Waals surface area contributed by atoms with Crippen LogP contribution in [0.2, 0.25) is 10.0 Å². The molecule has 1 aliphatic carbocycles. The molecule has 8 heteroatoms. The predicted molar refractivity (Wildman–Crippen MR) is 136 cm³/mol. The molecule has 168 valence electrons. The number of halogens is 2. The van der Waals surface area contributed by atoms with Gasteiger partial charge in [-0.05, 0) is 54.7 Å². The topological polar surface area (TPSA) is 47.6 Å². The number of hydrogen-bond acceptors (Lipinski definition) is 5. The quantitative estimate of drug-likeness (QED) is 0.248. The van der Waals surface area contributed by atoms with Gasteiger partial charge in [0.2, 0.25) is 0 Å². The molecule has 1 amide bonds. The first-order chi connectivity index (χ1) is 15.5. The molecule has 1 saturated carbocycles. The zero-order chi connectivity index (χ0) is 22.5. The summed E-state index contributed by atoms with van der Waals surface area (Å²) in [4.78, 5) is 12.5. The van der Waals surface area contributed by atoms with Crippen LogP contribution in [0.15, 0.2) is 41.3 Å². The van der Waals surface area contributed by atoms with Crippen LogP contribution in [0.25, 0.3) is 6.08 Å². The van der Waals surface area contributed by atoms with Crippen molar-refractivity contribution in [2.24, 2.45) is 0 Å². The summed E-state index contributed by atoms with van der Waals surface area (Å²) >= 11 is 18.7. The molecular formula is C24H23Cl2NO3S2. The Morgan fingerprint density at radius 2 is 1.78 bits per heavy atom. The van der Waals surface area contributed by atoms with Crippen molar-refractivity contribution in [3.05, 3.63) is 62.5 Å². The van der Waals surface area contributed by atoms with Crippen molar-refractivity contribution in [1.82, 2.24) is 5.32 Å². The van der Waals surface area contributed by atoms with E-state index < -0.39 is 0 Å². The molecule has 1 heterocycles. The van der Waals surface area contributed by atoms with Crippen molar-refractivity contribution in [1.29, 1.82) is 0 Å². The van der Waals surface area contributed by atoms with Crippen LogP contribution in [0.3, 0.4) is 0 Å². The van der Waals surface area contributed by atoms with Crippen LogP contribution in [0.5, 0.6) is 11.5 Å². The second kappa shape index (κ2) is 10.9. The van der Waals surface area contributed by atoms with Gasteiger partial charge in [0.25, 0.3) is 5.91 Å². The average Bonchev–Trinajstić information content (AvgIpc) is 3.10. The lowest BCUT2D eigenvalue weighted by Crippen LogP contribution is -2.17. The van der Waals surface area contributed by atoms with Gasteiger partial charge in [-0.2, -0.15) is 0 Å². The van der Waals surface area contributed by atoms with E-state index >= 15 is 0 Å². The Morgan fingerprint density at radius 3 is 2.47 bits per heavy atom. The number of benzene rings is 2. The van der Waals surface area contributed by atoms with E-state index in [2.05, 4.69) is 17.4 Å². The number of carbonyl (C=O) groups excluding carboxylic acids is 1. The molecule has 4 rings (SSSR count). The SMILES string of the molecule is O=C1NC(=S)S/C1=C/c1cc(Cl)cc(Cl)c1OCCOc1ccc(C2CCCCC2)cc1. The fourth-order valence-electron chi connectivity index (χ4n) is 3.98. The molecule has 0 radical (unpaired) electrons. The molecular weight excluding hydrogens is 485 g/mol. The van der Waals surface area contributed by atoms with E-state index in [1.54, 1.807) is 18.2 Å². The third-order valence-electron chi connectivity index (χ3n) is 5.52. The highest BCUT2D eigenvalue weighted by atomic mass is 35.5. The number of rotatable bonds is 7. The third-order valence-corrected chi connectivity index (χ3v) is 7.18. The van der Waals surface area contributed by atoms with E-state index in [9.17, 15) is 4.79 Å². The van der Waals surface area contributed by atoms with Crippen LogP contribution in [0, 0.1) is 0 Å². The molecule has 32 heavy (non-hydrogen) atoms. The van der Waals surface area contributed by atoms with Gasteiger partial charge in [0, 0.05) is 10.6 Å². The van der Waals surface area contributed by atoms with Crippen LogP contribution in [0.1, 0.15) is 49.1 Å². The lowest BCUT2D eigenvalue weighted by atomic mass is 9.84. The minimum Gasteiger partial charge on any atom is -0.490 e. The van der Waals surface area contributed by atoms with Crippen LogP contribution >= 0.6 is 47.2 Å². The average molecular weight is 508 g/mol. The molecule has 2 fully saturated rings. The maximum atomic E-state index is 12.0. The molecule has 0 aromatic heterocycles. The summed E-state index contributed by atoms with van der Waals surface area (Å²) in [5.41, 5.74) is 2.01. The zero-order valence-corrected chi connectivity index (χ0v) is 20.5. The summed E-state index contributed by atoms with van der Waals surface area (Å²) in [6, 6.07) is 11.7. The summed E-state index contributed by atoms with van der Waals surface area (Å²) in [6.45, 7) is 0.650. The second-order valence-corrected chi connectivity index (χ2v) is 10.3. The van der Waals surface area contributed by atoms with E-state index in [4.69, 9.17) is 44.9 Å². The number of hydrogen-bond donors (Lipinski definition) is 1. The van der Waals surface area contributed by atoms with Gasteiger partial charge < -0.3 is 14.8 Å². The summed E-state index contributed by atoms with van der Waals surface area (Å²) in [7, 11) is 0. The molecule has 1 N–H and O–H groups in total. The van der Waals surface area contributed by atoms with Crippen LogP contribution < -0.4 is 14.8 Å². The van der Waals surface area contributed by atoms with Crippen molar-refractivity contribution in [3.8, 4) is 11.5 Å². The fraction of sp³-hybridized carbons (Fsp3) is 0.333. The molecule has 1 saturated heterocycles. The highest BCUT2D eigenvalue weighted by Gasteiger charge is 2.23. The van der Waals surface area contributed by atoms with Gasteiger partial charge in [-0.15, -0.1) is 0 Å². The van der Waals surface area contributed by atoms with Crippen LogP contribution in [-0.2, 0) is 4.79 Å². The smallest absolute Gasteiger partial charge is 0.263 e. The Bertz CT molecular complexity index is 1030. The summed E-state index contributed by atoms with van der Waals surface area (Å²) in [5, 5.41) is 3.41. The van der Waals surface area contributed by atoms with Crippen LogP contribution in [-0.4, -0.2) is 23.4 Å². The summed E-state index contributed by atoms with van der Waals surface area (Å²) in [6.07, 6.45) is 8.23. The molecule has 4 nitrogen and oxygen atoms in total. The van der Waals surface area contributed by atoms with Crippen molar-refractivity contribution in [3.63, 3.8) is 0 Å². The molecule has 0 unspecified atom stereocenters. The first-order valence-electron chi connectivity index (χ1n) is 10.6. The largest absolute Gasteiger partial charge is 0.490 e. The van der Waals surface area contributed by atoms with Gasteiger partial charge in [0.15, 0.2) is 0 Å². The van der Waals surface area contributed by atoms with Crippen molar-refractivity contribution in [2.75, 3.05) is 13.2 Å². The van der Waals surface area contributed by atoms with E-state index in [1.165, 1.54) is 49.4 Å². The van der Waals surface area contributed by atoms with Gasteiger partial charge in [0.05, 0.1) is 9.93 Å². The van der Waals surface area contributed by atoms with Gasteiger partial charge in [-0.1, -0.05) is 78.6 Å². The molecule has 2 aromatic rings. The molecule has 0 spiro atoms. The van der Waals surface area contributed by atoms with E-state index in [0.717, 1.165) is 5.75 Å². The van der Waals surface area contributed by atoms with Crippen molar-refractivity contribution >= 4 is 63.5 Å². The van der Waals surface area contributed by atoms with E-state index in [1.807, 2.05) is 12.1 Å². The molecule has 2 aliphatic rings. The molecule has 0 atom stereocenters. The number of thiocarbonyl (C=S) groups is 1. The summed E-state index contributed by atoms with van der Waals surface area (Å²) in [5.74, 6) is 1.69. The normalized spacial score (nSPS) is 18.1. The maximum Gasteiger partial charge on any atom is 0.263 e. The Labute approximate surface area is 207 Å². The van der Waals surface area contributed by atoms with Gasteiger partial charge >= 0.3 is 0 Å². The number of ether oxygens (including phenoxy) is 2. The Balaban J connectivity index is 1.36. The second-order valence-electron chi connectivity index (χ2n) is 7.76. The first-order valence-corrected chi connectivity index (χ1v) is 12.6. The zero-order valence-electron chi connectivity index (χ0n) is 17.4. The first kappa shape index (κ1) is 23.4. The number of amides is 1. The van der Waals surface area contributed by atoms with Gasteiger partial charge in [0.1, 0.15) is 29.0 Å². The minimum atomic E-state index is -0.248. The molecule has 1 aliphatic heterocycles. The lowest BCUT2D eigenvalue weighted by molar-refractivity contribution is -0.115. The van der Waals surface area contributed by atoms with Crippen molar-refractivity contribution in [2.45, 2.75) is 38.0 Å². The maximum absolute atomic E-state index is 12.0.